The average Bonchev–Trinajstić information content (AvgIpc) is 3.20. The lowest BCUT2D eigenvalue weighted by Gasteiger charge is -2.34. The number of thiazole rings is 1. The molecule has 1 aromatic heterocycles. The van der Waals surface area contributed by atoms with Gasteiger partial charge >= 0.3 is 0 Å². The minimum absolute atomic E-state index is 0.0542. The van der Waals surface area contributed by atoms with Crippen LogP contribution in [0.4, 0.5) is 10.1 Å². The van der Waals surface area contributed by atoms with E-state index in [4.69, 9.17) is 4.98 Å². The average molecular weight is 514 g/mol. The zero-order chi connectivity index (χ0) is 22.9. The lowest BCUT2D eigenvalue weighted by atomic mass is 9.88. The summed E-state index contributed by atoms with van der Waals surface area (Å²) in [4.78, 5) is 20.0. The van der Waals surface area contributed by atoms with Crippen LogP contribution in [-0.2, 0) is 5.41 Å². The van der Waals surface area contributed by atoms with Crippen LogP contribution in [-0.4, -0.2) is 29.1 Å². The number of aromatic nitrogens is 1. The summed E-state index contributed by atoms with van der Waals surface area (Å²) in [6.45, 7) is 8.37. The van der Waals surface area contributed by atoms with E-state index in [-0.39, 0.29) is 22.6 Å². The van der Waals surface area contributed by atoms with Gasteiger partial charge in [0, 0.05) is 23.0 Å². The van der Waals surface area contributed by atoms with Gasteiger partial charge in [-0.05, 0) is 42.5 Å². The SMILES string of the molecule is CC(C)(C)c1nc(NC(=O)c2cc(Br)ccc2O)sc1N1CCC(c2ccccc2)CC1. The van der Waals surface area contributed by atoms with Crippen molar-refractivity contribution in [2.24, 2.45) is 0 Å². The Hall–Kier alpha value is -2.38. The molecule has 1 aliphatic heterocycles. The van der Waals surface area contributed by atoms with E-state index in [1.54, 1.807) is 12.1 Å². The van der Waals surface area contributed by atoms with E-state index in [2.05, 4.69) is 77.2 Å². The third-order valence-electron chi connectivity index (χ3n) is 5.80. The van der Waals surface area contributed by atoms with Crippen LogP contribution >= 0.6 is 27.3 Å². The lowest BCUT2D eigenvalue weighted by molar-refractivity contribution is 0.102. The number of carbonyl (C=O) groups excluding carboxylic acids is 1. The Labute approximate surface area is 201 Å². The number of piperidine rings is 1. The van der Waals surface area contributed by atoms with E-state index in [1.807, 2.05) is 0 Å². The summed E-state index contributed by atoms with van der Waals surface area (Å²) in [5.41, 5.74) is 2.48. The number of anilines is 2. The highest BCUT2D eigenvalue weighted by Crippen LogP contribution is 2.41. The number of phenolic OH excluding ortho intramolecular Hbond substituents is 1. The molecule has 168 valence electrons. The molecule has 1 fully saturated rings. The number of amides is 1. The molecule has 32 heavy (non-hydrogen) atoms. The fraction of sp³-hybridized carbons (Fsp3) is 0.360. The molecular formula is C25H28BrN3O2S. The van der Waals surface area contributed by atoms with Crippen LogP contribution in [0.3, 0.4) is 0 Å². The van der Waals surface area contributed by atoms with Crippen LogP contribution in [0.15, 0.2) is 53.0 Å². The van der Waals surface area contributed by atoms with E-state index >= 15 is 0 Å². The van der Waals surface area contributed by atoms with Gasteiger partial charge in [-0.2, -0.15) is 0 Å². The molecule has 0 saturated carbocycles. The van der Waals surface area contributed by atoms with Crippen molar-refractivity contribution in [1.82, 2.24) is 4.98 Å². The summed E-state index contributed by atoms with van der Waals surface area (Å²) in [6.07, 6.45) is 2.19. The zero-order valence-electron chi connectivity index (χ0n) is 18.6. The highest BCUT2D eigenvalue weighted by atomic mass is 79.9. The van der Waals surface area contributed by atoms with Gasteiger partial charge in [-0.15, -0.1) is 0 Å². The Kier molecular flexibility index (Phi) is 6.58. The Morgan fingerprint density at radius 2 is 1.84 bits per heavy atom. The molecule has 0 aliphatic carbocycles. The summed E-state index contributed by atoms with van der Waals surface area (Å²) >= 11 is 4.87. The first-order valence-corrected chi connectivity index (χ1v) is 12.4. The molecule has 0 spiro atoms. The first kappa shape index (κ1) is 22.8. The molecule has 0 bridgehead atoms. The van der Waals surface area contributed by atoms with E-state index in [1.165, 1.54) is 23.0 Å². The summed E-state index contributed by atoms with van der Waals surface area (Å²) in [6, 6.07) is 15.5. The fourth-order valence-electron chi connectivity index (χ4n) is 4.06. The second kappa shape index (κ2) is 9.24. The Bertz CT molecular complexity index is 1100. The summed E-state index contributed by atoms with van der Waals surface area (Å²) in [5, 5.41) is 14.7. The van der Waals surface area contributed by atoms with Crippen LogP contribution in [0.5, 0.6) is 5.75 Å². The van der Waals surface area contributed by atoms with Gasteiger partial charge in [0.2, 0.25) is 0 Å². The van der Waals surface area contributed by atoms with Crippen LogP contribution < -0.4 is 10.2 Å². The molecule has 2 aromatic carbocycles. The molecule has 7 heteroatoms. The van der Waals surface area contributed by atoms with E-state index in [9.17, 15) is 9.90 Å². The topological polar surface area (TPSA) is 65.5 Å². The van der Waals surface area contributed by atoms with Crippen LogP contribution in [0, 0.1) is 0 Å². The van der Waals surface area contributed by atoms with Crippen molar-refractivity contribution in [1.29, 1.82) is 0 Å². The molecule has 1 aliphatic rings. The summed E-state index contributed by atoms with van der Waals surface area (Å²) in [7, 11) is 0. The van der Waals surface area contributed by atoms with Crippen molar-refractivity contribution in [2.75, 3.05) is 23.3 Å². The first-order valence-electron chi connectivity index (χ1n) is 10.8. The molecule has 0 unspecified atom stereocenters. The second-order valence-corrected chi connectivity index (χ2v) is 11.1. The smallest absolute Gasteiger partial charge is 0.261 e. The monoisotopic (exact) mass is 513 g/mol. The first-order chi connectivity index (χ1) is 15.2. The number of benzene rings is 2. The van der Waals surface area contributed by atoms with Gasteiger partial charge in [0.05, 0.1) is 11.3 Å². The number of rotatable bonds is 4. The largest absolute Gasteiger partial charge is 0.507 e. The third-order valence-corrected chi connectivity index (χ3v) is 7.32. The van der Waals surface area contributed by atoms with E-state index < -0.39 is 0 Å². The van der Waals surface area contributed by atoms with Crippen LogP contribution in [0.2, 0.25) is 0 Å². The maximum absolute atomic E-state index is 12.8. The van der Waals surface area contributed by atoms with Gasteiger partial charge in [0.15, 0.2) is 5.13 Å². The Morgan fingerprint density at radius 3 is 2.50 bits per heavy atom. The molecule has 4 rings (SSSR count). The highest BCUT2D eigenvalue weighted by molar-refractivity contribution is 9.10. The number of carbonyl (C=O) groups is 1. The van der Waals surface area contributed by atoms with Crippen molar-refractivity contribution < 1.29 is 9.90 Å². The molecule has 5 nitrogen and oxygen atoms in total. The molecule has 1 saturated heterocycles. The van der Waals surface area contributed by atoms with Gasteiger partial charge in [-0.3, -0.25) is 10.1 Å². The van der Waals surface area contributed by atoms with Crippen molar-refractivity contribution in [3.63, 3.8) is 0 Å². The number of aromatic hydroxyl groups is 1. The van der Waals surface area contributed by atoms with Gasteiger partial charge < -0.3 is 10.0 Å². The van der Waals surface area contributed by atoms with Gasteiger partial charge in [-0.1, -0.05) is 78.4 Å². The predicted molar refractivity (Wildman–Crippen MR) is 135 cm³/mol. The quantitative estimate of drug-likeness (QED) is 0.415. The van der Waals surface area contributed by atoms with Gasteiger partial charge in [0.25, 0.3) is 5.91 Å². The number of nitrogens with zero attached hydrogens (tertiary/aromatic N) is 2. The zero-order valence-corrected chi connectivity index (χ0v) is 21.0. The second-order valence-electron chi connectivity index (χ2n) is 9.21. The minimum Gasteiger partial charge on any atom is -0.507 e. The number of hydrogen-bond donors (Lipinski definition) is 2. The van der Waals surface area contributed by atoms with Crippen molar-refractivity contribution in [3.05, 3.63) is 69.8 Å². The molecule has 0 radical (unpaired) electrons. The molecule has 3 aromatic rings. The number of hydrogen-bond acceptors (Lipinski definition) is 5. The molecule has 1 amide bonds. The van der Waals surface area contributed by atoms with Crippen LogP contribution in [0.1, 0.15) is 61.1 Å². The van der Waals surface area contributed by atoms with Gasteiger partial charge in [0.1, 0.15) is 10.8 Å². The fourth-order valence-corrected chi connectivity index (χ4v) is 5.65. The van der Waals surface area contributed by atoms with Crippen LogP contribution in [0.25, 0.3) is 0 Å². The Morgan fingerprint density at radius 1 is 1.16 bits per heavy atom. The molecule has 0 atom stereocenters. The number of phenols is 1. The highest BCUT2D eigenvalue weighted by Gasteiger charge is 2.30. The third kappa shape index (κ3) is 4.99. The van der Waals surface area contributed by atoms with E-state index in [0.29, 0.717) is 11.0 Å². The maximum Gasteiger partial charge on any atom is 0.261 e. The molecule has 2 N–H and O–H groups in total. The standard InChI is InChI=1S/C25H28BrN3O2S/c1-25(2,3)21-23(29-13-11-17(12-14-29)16-7-5-4-6-8-16)32-24(27-21)28-22(31)19-15-18(26)9-10-20(19)30/h4-10,15,17,30H,11-14H2,1-3H3,(H,27,28,31). The van der Waals surface area contributed by atoms with Crippen molar-refractivity contribution >= 4 is 43.3 Å². The van der Waals surface area contributed by atoms with Crippen molar-refractivity contribution in [3.8, 4) is 5.75 Å². The molecule has 2 heterocycles. The minimum atomic E-state index is -0.368. The van der Waals surface area contributed by atoms with E-state index in [0.717, 1.165) is 41.1 Å². The predicted octanol–water partition coefficient (Wildman–Crippen LogP) is 6.55. The summed E-state index contributed by atoms with van der Waals surface area (Å²) < 4.78 is 0.733. The summed E-state index contributed by atoms with van der Waals surface area (Å²) in [5.74, 6) is 0.158. The van der Waals surface area contributed by atoms with Crippen molar-refractivity contribution in [2.45, 2.75) is 44.9 Å². The lowest BCUT2D eigenvalue weighted by Crippen LogP contribution is -2.34. The molecular weight excluding hydrogens is 486 g/mol. The Balaban J connectivity index is 1.54. The number of nitrogens with one attached hydrogen (secondary N) is 1. The normalized spacial score (nSPS) is 15.1. The number of halogens is 1. The van der Waals surface area contributed by atoms with Gasteiger partial charge in [-0.25, -0.2) is 4.98 Å². The maximum atomic E-state index is 12.8.